The zero-order valence-electron chi connectivity index (χ0n) is 10.8. The number of benzene rings is 2. The number of rotatable bonds is 2. The molecule has 0 amide bonds. The van der Waals surface area contributed by atoms with Crippen molar-refractivity contribution >= 4 is 5.69 Å². The molecule has 0 bridgehead atoms. The third-order valence-corrected chi connectivity index (χ3v) is 3.47. The quantitative estimate of drug-likeness (QED) is 0.810. The van der Waals surface area contributed by atoms with Crippen LogP contribution in [-0.4, -0.2) is 19.7 Å². The van der Waals surface area contributed by atoms with Crippen LogP contribution in [0.4, 0.5) is 5.69 Å². The lowest BCUT2D eigenvalue weighted by molar-refractivity contribution is 0.0282. The predicted octanol–water partition coefficient (Wildman–Crippen LogP) is 2.60. The Hall–Kier alpha value is -1.84. The maximum atomic E-state index is 6.09. The fourth-order valence-corrected chi connectivity index (χ4v) is 2.43. The van der Waals surface area contributed by atoms with Gasteiger partial charge in [0, 0.05) is 24.3 Å². The van der Waals surface area contributed by atoms with Gasteiger partial charge in [-0.2, -0.15) is 0 Å². The van der Waals surface area contributed by atoms with Crippen LogP contribution in [0, 0.1) is 0 Å². The van der Waals surface area contributed by atoms with Crippen LogP contribution in [0.3, 0.4) is 0 Å². The van der Waals surface area contributed by atoms with Gasteiger partial charge in [0.1, 0.15) is 0 Å². The summed E-state index contributed by atoms with van der Waals surface area (Å²) in [5, 5.41) is 3.34. The van der Waals surface area contributed by atoms with Gasteiger partial charge in [-0.3, -0.25) is 0 Å². The highest BCUT2D eigenvalue weighted by molar-refractivity contribution is 5.68. The van der Waals surface area contributed by atoms with E-state index in [0.717, 1.165) is 30.9 Å². The first kappa shape index (κ1) is 12.2. The van der Waals surface area contributed by atoms with Gasteiger partial charge in [0.15, 0.2) is 0 Å². The normalized spacial score (nSPS) is 19.3. The Labute approximate surface area is 113 Å². The first-order chi connectivity index (χ1) is 9.34. The summed E-state index contributed by atoms with van der Waals surface area (Å²) in [6, 6.07) is 16.5. The largest absolute Gasteiger partial charge is 0.398 e. The minimum Gasteiger partial charge on any atom is -0.398 e. The third-order valence-electron chi connectivity index (χ3n) is 3.47. The van der Waals surface area contributed by atoms with E-state index >= 15 is 0 Å². The van der Waals surface area contributed by atoms with E-state index in [1.54, 1.807) is 0 Å². The summed E-state index contributed by atoms with van der Waals surface area (Å²) in [4.78, 5) is 0. The lowest BCUT2D eigenvalue weighted by atomic mass is 9.98. The summed E-state index contributed by atoms with van der Waals surface area (Å²) in [6.07, 6.45) is 0.0532. The lowest BCUT2D eigenvalue weighted by Gasteiger charge is -2.25. The molecular weight excluding hydrogens is 236 g/mol. The second-order valence-corrected chi connectivity index (χ2v) is 4.77. The van der Waals surface area contributed by atoms with Crippen LogP contribution in [0.1, 0.15) is 11.7 Å². The number of nitrogen functional groups attached to an aromatic ring is 1. The molecule has 3 nitrogen and oxygen atoms in total. The Morgan fingerprint density at radius 3 is 2.63 bits per heavy atom. The summed E-state index contributed by atoms with van der Waals surface area (Å²) in [5.41, 5.74) is 10.3. The zero-order chi connectivity index (χ0) is 13.1. The van der Waals surface area contributed by atoms with Crippen LogP contribution >= 0.6 is 0 Å². The van der Waals surface area contributed by atoms with E-state index < -0.39 is 0 Å². The van der Waals surface area contributed by atoms with Gasteiger partial charge in [-0.25, -0.2) is 0 Å². The van der Waals surface area contributed by atoms with Crippen molar-refractivity contribution < 1.29 is 4.74 Å². The van der Waals surface area contributed by atoms with E-state index in [2.05, 4.69) is 29.6 Å². The van der Waals surface area contributed by atoms with Crippen LogP contribution in [0.25, 0.3) is 11.1 Å². The molecule has 0 aromatic heterocycles. The van der Waals surface area contributed by atoms with Gasteiger partial charge in [-0.05, 0) is 23.3 Å². The molecule has 0 aliphatic carbocycles. The van der Waals surface area contributed by atoms with E-state index in [-0.39, 0.29) is 6.10 Å². The minimum absolute atomic E-state index is 0.0532. The number of anilines is 1. The van der Waals surface area contributed by atoms with Crippen molar-refractivity contribution in [3.05, 3.63) is 54.1 Å². The summed E-state index contributed by atoms with van der Waals surface area (Å²) in [7, 11) is 0. The molecule has 1 saturated heterocycles. The Bertz CT molecular complexity index is 548. The van der Waals surface area contributed by atoms with Crippen molar-refractivity contribution in [2.45, 2.75) is 6.10 Å². The maximum Gasteiger partial charge on any atom is 0.0969 e. The molecule has 19 heavy (non-hydrogen) atoms. The monoisotopic (exact) mass is 254 g/mol. The first-order valence-corrected chi connectivity index (χ1v) is 6.62. The average Bonchev–Trinajstić information content (AvgIpc) is 2.49. The number of hydrogen-bond acceptors (Lipinski definition) is 3. The maximum absolute atomic E-state index is 6.09. The number of morpholine rings is 1. The van der Waals surface area contributed by atoms with Crippen molar-refractivity contribution in [3.63, 3.8) is 0 Å². The van der Waals surface area contributed by atoms with Gasteiger partial charge in [0.25, 0.3) is 0 Å². The zero-order valence-corrected chi connectivity index (χ0v) is 10.8. The fourth-order valence-electron chi connectivity index (χ4n) is 2.43. The average molecular weight is 254 g/mol. The second kappa shape index (κ2) is 5.43. The van der Waals surface area contributed by atoms with Gasteiger partial charge in [-0.1, -0.05) is 36.4 Å². The van der Waals surface area contributed by atoms with E-state index in [0.29, 0.717) is 0 Å². The summed E-state index contributed by atoms with van der Waals surface area (Å²) < 4.78 is 5.79. The van der Waals surface area contributed by atoms with Crippen LogP contribution in [0.2, 0.25) is 0 Å². The third kappa shape index (κ3) is 2.62. The molecule has 0 saturated carbocycles. The molecule has 1 heterocycles. The standard InChI is InChI=1S/C16H18N2O/c17-15-7-6-13(12-4-2-1-3-5-12)10-14(15)16-11-18-8-9-19-16/h1-7,10,16,18H,8-9,11,17H2. The summed E-state index contributed by atoms with van der Waals surface area (Å²) in [5.74, 6) is 0. The van der Waals surface area contributed by atoms with E-state index in [1.165, 1.54) is 11.1 Å². The number of ether oxygens (including phenoxy) is 1. The minimum atomic E-state index is 0.0532. The SMILES string of the molecule is Nc1ccc(-c2ccccc2)cc1C1CNCCO1. The molecule has 2 aromatic carbocycles. The molecule has 3 heteroatoms. The molecule has 0 spiro atoms. The molecule has 0 radical (unpaired) electrons. The Balaban J connectivity index is 1.96. The molecule has 98 valence electrons. The highest BCUT2D eigenvalue weighted by atomic mass is 16.5. The second-order valence-electron chi connectivity index (χ2n) is 4.77. The smallest absolute Gasteiger partial charge is 0.0969 e. The Kier molecular flexibility index (Phi) is 3.49. The molecule has 3 rings (SSSR count). The highest BCUT2D eigenvalue weighted by Gasteiger charge is 2.18. The van der Waals surface area contributed by atoms with Gasteiger partial charge >= 0.3 is 0 Å². The summed E-state index contributed by atoms with van der Waals surface area (Å²) >= 11 is 0. The molecule has 1 aliphatic rings. The Morgan fingerprint density at radius 2 is 1.89 bits per heavy atom. The number of nitrogens with two attached hydrogens (primary N) is 1. The van der Waals surface area contributed by atoms with Gasteiger partial charge in [-0.15, -0.1) is 0 Å². The van der Waals surface area contributed by atoms with E-state index in [9.17, 15) is 0 Å². The molecule has 2 aromatic rings. The predicted molar refractivity (Wildman–Crippen MR) is 77.9 cm³/mol. The Morgan fingerprint density at radius 1 is 1.05 bits per heavy atom. The lowest BCUT2D eigenvalue weighted by Crippen LogP contribution is -2.33. The topological polar surface area (TPSA) is 47.3 Å². The van der Waals surface area contributed by atoms with E-state index in [1.807, 2.05) is 24.3 Å². The molecule has 1 atom stereocenters. The van der Waals surface area contributed by atoms with Gasteiger partial charge in [0.05, 0.1) is 12.7 Å². The van der Waals surface area contributed by atoms with Crippen LogP contribution in [-0.2, 0) is 4.74 Å². The number of nitrogens with one attached hydrogen (secondary N) is 1. The molecule has 1 fully saturated rings. The summed E-state index contributed by atoms with van der Waals surface area (Å²) in [6.45, 7) is 2.47. The molecule has 1 aliphatic heterocycles. The van der Waals surface area contributed by atoms with Gasteiger partial charge in [0.2, 0.25) is 0 Å². The van der Waals surface area contributed by atoms with Gasteiger partial charge < -0.3 is 15.8 Å². The van der Waals surface area contributed by atoms with Crippen molar-refractivity contribution in [2.24, 2.45) is 0 Å². The van der Waals surface area contributed by atoms with Crippen molar-refractivity contribution in [2.75, 3.05) is 25.4 Å². The van der Waals surface area contributed by atoms with Crippen LogP contribution in [0.15, 0.2) is 48.5 Å². The van der Waals surface area contributed by atoms with Crippen molar-refractivity contribution in [1.82, 2.24) is 5.32 Å². The molecular formula is C16H18N2O. The first-order valence-electron chi connectivity index (χ1n) is 6.62. The molecule has 3 N–H and O–H groups in total. The number of hydrogen-bond donors (Lipinski definition) is 2. The highest BCUT2D eigenvalue weighted by Crippen LogP contribution is 2.29. The van der Waals surface area contributed by atoms with Crippen LogP contribution in [0.5, 0.6) is 0 Å². The fraction of sp³-hybridized carbons (Fsp3) is 0.250. The van der Waals surface area contributed by atoms with E-state index in [4.69, 9.17) is 10.5 Å². The van der Waals surface area contributed by atoms with Crippen molar-refractivity contribution in [1.29, 1.82) is 0 Å². The van der Waals surface area contributed by atoms with Crippen molar-refractivity contribution in [3.8, 4) is 11.1 Å². The van der Waals surface area contributed by atoms with Crippen LogP contribution < -0.4 is 11.1 Å². The molecule has 1 unspecified atom stereocenters.